The highest BCUT2D eigenvalue weighted by molar-refractivity contribution is 5.79. The molecule has 0 bridgehead atoms. The highest BCUT2D eigenvalue weighted by atomic mass is 19.4. The van der Waals surface area contributed by atoms with Gasteiger partial charge in [-0.05, 0) is 37.5 Å². The van der Waals surface area contributed by atoms with E-state index in [1.54, 1.807) is 4.90 Å². The van der Waals surface area contributed by atoms with Crippen molar-refractivity contribution in [3.05, 3.63) is 29.8 Å². The largest absolute Gasteiger partial charge is 0.489 e. The first-order valence-corrected chi connectivity index (χ1v) is 8.72. The Balaban J connectivity index is 1.68. The van der Waals surface area contributed by atoms with Gasteiger partial charge in [-0.1, -0.05) is 6.07 Å². The summed E-state index contributed by atoms with van der Waals surface area (Å²) in [5.74, 6) is -3.94. The maximum absolute atomic E-state index is 13.5. The van der Waals surface area contributed by atoms with Gasteiger partial charge in [-0.3, -0.25) is 9.69 Å². The van der Waals surface area contributed by atoms with Gasteiger partial charge in [0.25, 0.3) is 0 Å². The summed E-state index contributed by atoms with van der Waals surface area (Å²) in [6.45, 7) is 0.510. The van der Waals surface area contributed by atoms with Crippen LogP contribution in [0.1, 0.15) is 37.7 Å². The molecule has 4 nitrogen and oxygen atoms in total. The van der Waals surface area contributed by atoms with Crippen LogP contribution in [0.3, 0.4) is 0 Å². The van der Waals surface area contributed by atoms with E-state index >= 15 is 0 Å². The number of nitrogens with zero attached hydrogens (tertiary/aromatic N) is 1. The Labute approximate surface area is 152 Å². The number of hydrogen-bond acceptors (Lipinski definition) is 3. The molecule has 1 atom stereocenters. The van der Waals surface area contributed by atoms with Gasteiger partial charge in [0.15, 0.2) is 0 Å². The van der Waals surface area contributed by atoms with Crippen LogP contribution in [-0.2, 0) is 11.0 Å². The number of alkyl halides is 5. The molecular weight excluding hydrogens is 373 g/mol. The SMILES string of the molecule is O=C(O)C1(N2CC[C@@H](Oc3cccc(C(F)(F)F)c3)C2)CCC(F)(F)CC1. The second-order valence-corrected chi connectivity index (χ2v) is 7.19. The molecule has 150 valence electrons. The van der Waals surface area contributed by atoms with Crippen molar-refractivity contribution >= 4 is 5.97 Å². The van der Waals surface area contributed by atoms with E-state index < -0.39 is 48.1 Å². The van der Waals surface area contributed by atoms with Crippen LogP contribution >= 0.6 is 0 Å². The number of hydrogen-bond donors (Lipinski definition) is 1. The highest BCUT2D eigenvalue weighted by Gasteiger charge is 2.53. The molecular formula is C18H20F5NO3. The molecule has 9 heteroatoms. The molecule has 2 fully saturated rings. The Bertz CT molecular complexity index is 696. The number of ether oxygens (including phenoxy) is 1. The molecule has 1 heterocycles. The topological polar surface area (TPSA) is 49.8 Å². The molecule has 1 aliphatic heterocycles. The van der Waals surface area contributed by atoms with E-state index in [9.17, 15) is 31.9 Å². The lowest BCUT2D eigenvalue weighted by Crippen LogP contribution is -2.57. The van der Waals surface area contributed by atoms with Crippen LogP contribution < -0.4 is 4.74 Å². The predicted octanol–water partition coefficient (Wildman–Crippen LogP) is 4.19. The maximum Gasteiger partial charge on any atom is 0.416 e. The lowest BCUT2D eigenvalue weighted by molar-refractivity contribution is -0.160. The van der Waals surface area contributed by atoms with Gasteiger partial charge in [-0.2, -0.15) is 13.2 Å². The number of carboxylic acids is 1. The minimum Gasteiger partial charge on any atom is -0.489 e. The molecule has 0 spiro atoms. The number of rotatable bonds is 4. The fourth-order valence-corrected chi connectivity index (χ4v) is 3.85. The van der Waals surface area contributed by atoms with Gasteiger partial charge < -0.3 is 9.84 Å². The van der Waals surface area contributed by atoms with Gasteiger partial charge in [0.05, 0.1) is 5.56 Å². The molecule has 0 amide bonds. The molecule has 1 saturated heterocycles. The lowest BCUT2D eigenvalue weighted by Gasteiger charge is -2.43. The minimum absolute atomic E-state index is 0.0521. The summed E-state index contributed by atoms with van der Waals surface area (Å²) in [4.78, 5) is 13.5. The van der Waals surface area contributed by atoms with Crippen LogP contribution in [0, 0.1) is 0 Å². The molecule has 2 aliphatic rings. The molecule has 1 aromatic carbocycles. The van der Waals surface area contributed by atoms with Crippen LogP contribution in [0.4, 0.5) is 22.0 Å². The summed E-state index contributed by atoms with van der Waals surface area (Å²) in [6, 6.07) is 4.49. The zero-order valence-electron chi connectivity index (χ0n) is 14.4. The van der Waals surface area contributed by atoms with Crippen LogP contribution in [0.15, 0.2) is 24.3 Å². The zero-order valence-corrected chi connectivity index (χ0v) is 14.4. The van der Waals surface area contributed by atoms with Crippen LogP contribution in [0.2, 0.25) is 0 Å². The second-order valence-electron chi connectivity index (χ2n) is 7.19. The third-order valence-electron chi connectivity index (χ3n) is 5.42. The molecule has 27 heavy (non-hydrogen) atoms. The van der Waals surface area contributed by atoms with E-state index in [4.69, 9.17) is 4.74 Å². The Morgan fingerprint density at radius 2 is 1.85 bits per heavy atom. The van der Waals surface area contributed by atoms with E-state index in [1.165, 1.54) is 12.1 Å². The smallest absolute Gasteiger partial charge is 0.416 e. The van der Waals surface area contributed by atoms with Crippen molar-refractivity contribution in [3.63, 3.8) is 0 Å². The fraction of sp³-hybridized carbons (Fsp3) is 0.611. The minimum atomic E-state index is -4.48. The van der Waals surface area contributed by atoms with Gasteiger partial charge in [0.2, 0.25) is 5.92 Å². The van der Waals surface area contributed by atoms with Crippen LogP contribution in [0.25, 0.3) is 0 Å². The first kappa shape index (κ1) is 19.9. The molecule has 1 saturated carbocycles. The van der Waals surface area contributed by atoms with Crippen molar-refractivity contribution in [1.29, 1.82) is 0 Å². The van der Waals surface area contributed by atoms with Crippen molar-refractivity contribution in [1.82, 2.24) is 4.90 Å². The number of carboxylic acid groups (broad SMARTS) is 1. The first-order valence-electron chi connectivity index (χ1n) is 8.72. The summed E-state index contributed by atoms with van der Waals surface area (Å²) in [5.41, 5.74) is -2.19. The molecule has 1 aromatic rings. The second kappa shape index (κ2) is 6.92. The number of carbonyl (C=O) groups is 1. The van der Waals surface area contributed by atoms with Crippen LogP contribution in [0.5, 0.6) is 5.75 Å². The van der Waals surface area contributed by atoms with Gasteiger partial charge in [-0.15, -0.1) is 0 Å². The van der Waals surface area contributed by atoms with Gasteiger partial charge in [0.1, 0.15) is 17.4 Å². The maximum atomic E-state index is 13.5. The Hall–Kier alpha value is -1.90. The Morgan fingerprint density at radius 3 is 2.44 bits per heavy atom. The van der Waals surface area contributed by atoms with E-state index in [1.807, 2.05) is 0 Å². The third kappa shape index (κ3) is 4.17. The van der Waals surface area contributed by atoms with Gasteiger partial charge >= 0.3 is 12.1 Å². The van der Waals surface area contributed by atoms with Crippen molar-refractivity contribution in [2.24, 2.45) is 0 Å². The number of halogens is 5. The van der Waals surface area contributed by atoms with Crippen molar-refractivity contribution < 1.29 is 36.6 Å². The predicted molar refractivity (Wildman–Crippen MR) is 85.8 cm³/mol. The van der Waals surface area contributed by atoms with Crippen molar-refractivity contribution in [2.45, 2.75) is 55.8 Å². The quantitative estimate of drug-likeness (QED) is 0.780. The van der Waals surface area contributed by atoms with Crippen molar-refractivity contribution in [3.8, 4) is 5.75 Å². The summed E-state index contributed by atoms with van der Waals surface area (Å²) in [6.07, 6.45) is -5.86. The third-order valence-corrected chi connectivity index (χ3v) is 5.42. The summed E-state index contributed by atoms with van der Waals surface area (Å²) >= 11 is 0. The zero-order chi connectivity index (χ0) is 19.9. The Kier molecular flexibility index (Phi) is 5.09. The molecule has 1 aliphatic carbocycles. The first-order chi connectivity index (χ1) is 12.5. The molecule has 1 N–H and O–H groups in total. The molecule has 0 aromatic heterocycles. The average Bonchev–Trinajstić information content (AvgIpc) is 3.03. The van der Waals surface area contributed by atoms with Gasteiger partial charge in [-0.25, -0.2) is 8.78 Å². The van der Waals surface area contributed by atoms with E-state index in [2.05, 4.69) is 0 Å². The average molecular weight is 393 g/mol. The van der Waals surface area contributed by atoms with Gasteiger partial charge in [0, 0.05) is 25.9 Å². The van der Waals surface area contributed by atoms with E-state index in [0.717, 1.165) is 12.1 Å². The summed E-state index contributed by atoms with van der Waals surface area (Å²) < 4.78 is 70.9. The van der Waals surface area contributed by atoms with Crippen LogP contribution in [-0.4, -0.2) is 46.6 Å². The summed E-state index contributed by atoms with van der Waals surface area (Å²) in [7, 11) is 0. The monoisotopic (exact) mass is 393 g/mol. The summed E-state index contributed by atoms with van der Waals surface area (Å²) in [5, 5.41) is 9.67. The normalized spacial score (nSPS) is 25.3. The van der Waals surface area contributed by atoms with E-state index in [0.29, 0.717) is 13.0 Å². The van der Waals surface area contributed by atoms with Crippen molar-refractivity contribution in [2.75, 3.05) is 13.1 Å². The fourth-order valence-electron chi connectivity index (χ4n) is 3.85. The number of likely N-dealkylation sites (tertiary alicyclic amines) is 1. The number of aliphatic carboxylic acids is 1. The molecule has 0 unspecified atom stereocenters. The lowest BCUT2D eigenvalue weighted by atomic mass is 9.78. The molecule has 3 rings (SSSR count). The molecule has 0 radical (unpaired) electrons. The number of benzene rings is 1. The highest BCUT2D eigenvalue weighted by Crippen LogP contribution is 2.43. The Morgan fingerprint density at radius 1 is 1.19 bits per heavy atom. The standard InChI is InChI=1S/C18H20F5NO3/c19-17(20)7-5-16(6-8-17,15(25)26)24-9-4-14(11-24)27-13-3-1-2-12(10-13)18(21,22)23/h1-3,10,14H,4-9,11H2,(H,25,26)/t14-/m1/s1. The van der Waals surface area contributed by atoms with E-state index in [-0.39, 0.29) is 25.1 Å².